The largest absolute Gasteiger partial charge is 0.382 e. The third kappa shape index (κ3) is 4.27. The van der Waals surface area contributed by atoms with Gasteiger partial charge in [0, 0.05) is 63.7 Å². The lowest BCUT2D eigenvalue weighted by Gasteiger charge is -2.37. The van der Waals surface area contributed by atoms with Crippen LogP contribution in [-0.4, -0.2) is 68.1 Å². The zero-order valence-electron chi connectivity index (χ0n) is 19.4. The molecular formula is C23H25F2N9O. The van der Waals surface area contributed by atoms with Crippen LogP contribution in [0.5, 0.6) is 0 Å². The first-order valence-electron chi connectivity index (χ1n) is 11.3. The number of rotatable bonds is 3. The van der Waals surface area contributed by atoms with Crippen molar-refractivity contribution < 1.29 is 13.6 Å². The highest BCUT2D eigenvalue weighted by Gasteiger charge is 2.34. The number of hydrogen-bond donors (Lipinski definition) is 1. The highest BCUT2D eigenvalue weighted by molar-refractivity contribution is 5.78. The number of amides is 2. The Morgan fingerprint density at radius 2 is 1.83 bits per heavy atom. The van der Waals surface area contributed by atoms with Crippen molar-refractivity contribution in [1.29, 1.82) is 0 Å². The molecule has 0 bridgehead atoms. The lowest BCUT2D eigenvalue weighted by molar-refractivity contribution is 0.139. The molecule has 2 aliphatic heterocycles. The van der Waals surface area contributed by atoms with Crippen molar-refractivity contribution in [3.05, 3.63) is 53.2 Å². The monoisotopic (exact) mass is 481 g/mol. The maximum Gasteiger partial charge on any atom is 0.341 e. The Morgan fingerprint density at radius 1 is 1.11 bits per heavy atom. The molecule has 35 heavy (non-hydrogen) atoms. The number of urea groups is 1. The standard InChI is InChI=1S/C23H25F2N9O/c1-14-20(31(2)30-21(14)26)18-3-5-27-22(29-18)32-7-9-33(10-8-32)23(35)34-19(4-6-28-34)15-11-16(24)13-17(25)12-15/h3,5-6,11-13,19H,4,7-10H2,1-2H3,(H2,26,30)/t19-/m0/s1. The smallest absolute Gasteiger partial charge is 0.341 e. The zero-order valence-corrected chi connectivity index (χ0v) is 19.4. The second-order valence-electron chi connectivity index (χ2n) is 8.58. The number of benzene rings is 1. The predicted molar refractivity (Wildman–Crippen MR) is 127 cm³/mol. The van der Waals surface area contributed by atoms with E-state index >= 15 is 0 Å². The van der Waals surface area contributed by atoms with Crippen LogP contribution in [0.4, 0.5) is 25.3 Å². The molecule has 2 aliphatic rings. The van der Waals surface area contributed by atoms with Gasteiger partial charge >= 0.3 is 6.03 Å². The Kier molecular flexibility index (Phi) is 5.79. The number of carbonyl (C=O) groups is 1. The number of nitrogens with two attached hydrogens (primary N) is 1. The van der Waals surface area contributed by atoms with Gasteiger partial charge in [-0.05, 0) is 30.7 Å². The van der Waals surface area contributed by atoms with Crippen LogP contribution in [0.1, 0.15) is 23.6 Å². The Morgan fingerprint density at radius 3 is 2.49 bits per heavy atom. The van der Waals surface area contributed by atoms with Crippen LogP contribution in [0.15, 0.2) is 35.6 Å². The fourth-order valence-electron chi connectivity index (χ4n) is 4.53. The van der Waals surface area contributed by atoms with Gasteiger partial charge in [-0.1, -0.05) is 0 Å². The number of nitrogens with zero attached hydrogens (tertiary/aromatic N) is 8. The molecule has 1 fully saturated rings. The Bertz CT molecular complexity index is 1280. The molecule has 1 atom stereocenters. The lowest BCUT2D eigenvalue weighted by Crippen LogP contribution is -2.52. The molecule has 1 saturated heterocycles. The van der Waals surface area contributed by atoms with E-state index in [-0.39, 0.29) is 6.03 Å². The summed E-state index contributed by atoms with van der Waals surface area (Å²) >= 11 is 0. The first-order chi connectivity index (χ1) is 16.8. The van der Waals surface area contributed by atoms with Gasteiger partial charge in [-0.3, -0.25) is 4.68 Å². The van der Waals surface area contributed by atoms with Gasteiger partial charge in [0.1, 0.15) is 17.5 Å². The summed E-state index contributed by atoms with van der Waals surface area (Å²) < 4.78 is 29.2. The second kappa shape index (κ2) is 8.93. The molecule has 1 aromatic carbocycles. The summed E-state index contributed by atoms with van der Waals surface area (Å²) in [5, 5.41) is 9.74. The number of hydrazone groups is 1. The van der Waals surface area contributed by atoms with Gasteiger partial charge in [0.05, 0.1) is 17.4 Å². The van der Waals surface area contributed by atoms with Gasteiger partial charge in [0.15, 0.2) is 0 Å². The van der Waals surface area contributed by atoms with E-state index in [0.717, 1.165) is 17.3 Å². The number of nitrogen functional groups attached to an aromatic ring is 1. The van der Waals surface area contributed by atoms with Crippen molar-refractivity contribution in [3.63, 3.8) is 0 Å². The molecule has 4 heterocycles. The van der Waals surface area contributed by atoms with Gasteiger partial charge in [0.25, 0.3) is 0 Å². The van der Waals surface area contributed by atoms with E-state index in [4.69, 9.17) is 10.7 Å². The molecule has 2 N–H and O–H groups in total. The number of anilines is 2. The molecule has 0 radical (unpaired) electrons. The summed E-state index contributed by atoms with van der Waals surface area (Å²) in [6, 6.07) is 4.26. The first kappa shape index (κ1) is 22.7. The molecule has 3 aromatic rings. The molecule has 5 rings (SSSR count). The molecule has 0 aliphatic carbocycles. The second-order valence-corrected chi connectivity index (χ2v) is 8.58. The normalized spacial score (nSPS) is 17.9. The maximum atomic E-state index is 13.7. The van der Waals surface area contributed by atoms with Crippen LogP contribution in [-0.2, 0) is 7.05 Å². The number of hydrogen-bond acceptors (Lipinski definition) is 7. The summed E-state index contributed by atoms with van der Waals surface area (Å²) in [6.07, 6.45) is 3.68. The van der Waals surface area contributed by atoms with Crippen LogP contribution >= 0.6 is 0 Å². The summed E-state index contributed by atoms with van der Waals surface area (Å²) in [7, 11) is 1.82. The van der Waals surface area contributed by atoms with Gasteiger partial charge in [-0.2, -0.15) is 10.2 Å². The van der Waals surface area contributed by atoms with Crippen molar-refractivity contribution in [3.8, 4) is 11.4 Å². The molecule has 10 nitrogen and oxygen atoms in total. The highest BCUT2D eigenvalue weighted by Crippen LogP contribution is 2.31. The molecule has 2 aromatic heterocycles. The third-order valence-corrected chi connectivity index (χ3v) is 6.33. The van der Waals surface area contributed by atoms with Crippen LogP contribution in [0.25, 0.3) is 11.4 Å². The molecule has 12 heteroatoms. The van der Waals surface area contributed by atoms with Crippen LogP contribution in [0.3, 0.4) is 0 Å². The Hall–Kier alpha value is -4.09. The Balaban J connectivity index is 1.27. The summed E-state index contributed by atoms with van der Waals surface area (Å²) in [5.74, 6) is -0.349. The average molecular weight is 482 g/mol. The molecule has 0 spiro atoms. The van der Waals surface area contributed by atoms with Crippen LogP contribution in [0.2, 0.25) is 0 Å². The lowest BCUT2D eigenvalue weighted by atomic mass is 10.0. The summed E-state index contributed by atoms with van der Waals surface area (Å²) in [5.41, 5.74) is 8.72. The van der Waals surface area contributed by atoms with Crippen LogP contribution < -0.4 is 10.6 Å². The zero-order chi connectivity index (χ0) is 24.7. The quantitative estimate of drug-likeness (QED) is 0.616. The minimum atomic E-state index is -0.681. The third-order valence-electron chi connectivity index (χ3n) is 6.33. The van der Waals surface area contributed by atoms with Gasteiger partial charge < -0.3 is 15.5 Å². The van der Waals surface area contributed by atoms with Crippen molar-refractivity contribution in [2.24, 2.45) is 12.1 Å². The first-order valence-corrected chi connectivity index (χ1v) is 11.3. The van der Waals surface area contributed by atoms with E-state index in [1.807, 2.05) is 24.9 Å². The average Bonchev–Trinajstić information content (AvgIpc) is 3.42. The fraction of sp³-hybridized carbons (Fsp3) is 0.348. The molecule has 2 amide bonds. The molecule has 0 unspecified atom stereocenters. The maximum absolute atomic E-state index is 13.7. The number of halogens is 2. The van der Waals surface area contributed by atoms with E-state index in [9.17, 15) is 13.6 Å². The summed E-state index contributed by atoms with van der Waals surface area (Å²) in [4.78, 5) is 26.0. The number of carbonyl (C=O) groups excluding carboxylic acids is 1. The van der Waals surface area contributed by atoms with Gasteiger partial charge in [-0.25, -0.2) is 28.6 Å². The van der Waals surface area contributed by atoms with Crippen LogP contribution in [0, 0.1) is 18.6 Å². The molecule has 0 saturated carbocycles. The van der Waals surface area contributed by atoms with E-state index in [1.165, 1.54) is 17.1 Å². The van der Waals surface area contributed by atoms with Crippen molar-refractivity contribution >= 4 is 24.0 Å². The van der Waals surface area contributed by atoms with Gasteiger partial charge in [0.2, 0.25) is 5.95 Å². The van der Waals surface area contributed by atoms with E-state index in [1.54, 1.807) is 22.0 Å². The Labute approximate surface area is 200 Å². The van der Waals surface area contributed by atoms with E-state index in [2.05, 4.69) is 15.2 Å². The number of piperazine rings is 1. The molecule has 182 valence electrons. The SMILES string of the molecule is Cc1c(N)nn(C)c1-c1ccnc(N2CCN(C(=O)N3N=CC[C@H]3c3cc(F)cc(F)c3)CC2)n1. The van der Waals surface area contributed by atoms with Gasteiger partial charge in [-0.15, -0.1) is 0 Å². The van der Waals surface area contributed by atoms with E-state index in [0.29, 0.717) is 55.6 Å². The topological polar surface area (TPSA) is 109 Å². The number of aryl methyl sites for hydroxylation is 1. The van der Waals surface area contributed by atoms with Crippen molar-refractivity contribution in [1.82, 2.24) is 29.7 Å². The van der Waals surface area contributed by atoms with Crippen molar-refractivity contribution in [2.75, 3.05) is 36.8 Å². The highest BCUT2D eigenvalue weighted by atomic mass is 19.1. The fourth-order valence-corrected chi connectivity index (χ4v) is 4.53. The van der Waals surface area contributed by atoms with Crippen molar-refractivity contribution in [2.45, 2.75) is 19.4 Å². The van der Waals surface area contributed by atoms with E-state index < -0.39 is 17.7 Å². The molecular weight excluding hydrogens is 456 g/mol. The predicted octanol–water partition coefficient (Wildman–Crippen LogP) is 2.72. The minimum absolute atomic E-state index is 0.302. The summed E-state index contributed by atoms with van der Waals surface area (Å²) in [6.45, 7) is 3.81. The minimum Gasteiger partial charge on any atom is -0.382 e. The number of aromatic nitrogens is 4.